The quantitative estimate of drug-likeness (QED) is 0.493. The lowest BCUT2D eigenvalue weighted by atomic mass is 10.1. The third kappa shape index (κ3) is 8.77. The van der Waals surface area contributed by atoms with E-state index in [2.05, 4.69) is 29.8 Å². The van der Waals surface area contributed by atoms with Crippen molar-refractivity contribution in [2.24, 2.45) is 0 Å². The van der Waals surface area contributed by atoms with Crippen molar-refractivity contribution < 1.29 is 0 Å². The van der Waals surface area contributed by atoms with Gasteiger partial charge in [-0.3, -0.25) is 0 Å². The second-order valence-electron chi connectivity index (χ2n) is 2.85. The molecule has 0 saturated carbocycles. The molecule has 0 aliphatic rings. The molecule has 0 fully saturated rings. The van der Waals surface area contributed by atoms with Crippen molar-refractivity contribution in [1.82, 2.24) is 0 Å². The SMILES string of the molecule is CC(Cl)CCCCC(C)Br. The van der Waals surface area contributed by atoms with E-state index in [9.17, 15) is 0 Å². The van der Waals surface area contributed by atoms with Crippen molar-refractivity contribution in [2.45, 2.75) is 49.7 Å². The van der Waals surface area contributed by atoms with Crippen molar-refractivity contribution in [3.05, 3.63) is 0 Å². The van der Waals surface area contributed by atoms with Crippen LogP contribution in [0.2, 0.25) is 0 Å². The maximum Gasteiger partial charge on any atom is 0.0307 e. The first-order valence-electron chi connectivity index (χ1n) is 3.91. The van der Waals surface area contributed by atoms with Crippen LogP contribution in [0.1, 0.15) is 39.5 Å². The van der Waals surface area contributed by atoms with Gasteiger partial charge in [0, 0.05) is 10.2 Å². The molecular formula is C8H16BrCl. The molecule has 0 nitrogen and oxygen atoms in total. The van der Waals surface area contributed by atoms with E-state index in [1.165, 1.54) is 19.3 Å². The molecule has 0 aromatic rings. The summed E-state index contributed by atoms with van der Waals surface area (Å²) in [7, 11) is 0. The van der Waals surface area contributed by atoms with Gasteiger partial charge in [0.1, 0.15) is 0 Å². The summed E-state index contributed by atoms with van der Waals surface area (Å²) < 4.78 is 0. The number of unbranched alkanes of at least 4 members (excludes halogenated alkanes) is 1. The van der Waals surface area contributed by atoms with Crippen molar-refractivity contribution in [3.8, 4) is 0 Å². The Hall–Kier alpha value is 0.770. The smallest absolute Gasteiger partial charge is 0.0307 e. The van der Waals surface area contributed by atoms with Crippen LogP contribution in [-0.4, -0.2) is 10.2 Å². The van der Waals surface area contributed by atoms with Crippen LogP contribution in [0.4, 0.5) is 0 Å². The van der Waals surface area contributed by atoms with Gasteiger partial charge in [0.2, 0.25) is 0 Å². The zero-order valence-electron chi connectivity index (χ0n) is 6.74. The maximum atomic E-state index is 5.78. The number of alkyl halides is 2. The molecule has 0 spiro atoms. The largest absolute Gasteiger partial charge is 0.123 e. The predicted molar refractivity (Wildman–Crippen MR) is 52.2 cm³/mol. The summed E-state index contributed by atoms with van der Waals surface area (Å²) in [6.45, 7) is 4.24. The Balaban J connectivity index is 2.91. The first-order chi connectivity index (χ1) is 4.63. The molecule has 0 aromatic heterocycles. The Morgan fingerprint density at radius 2 is 1.70 bits per heavy atom. The van der Waals surface area contributed by atoms with Crippen LogP contribution >= 0.6 is 27.5 Å². The molecule has 0 bridgehead atoms. The van der Waals surface area contributed by atoms with Gasteiger partial charge in [-0.2, -0.15) is 0 Å². The lowest BCUT2D eigenvalue weighted by Crippen LogP contribution is -1.93. The van der Waals surface area contributed by atoms with Crippen molar-refractivity contribution in [1.29, 1.82) is 0 Å². The number of halogens is 2. The van der Waals surface area contributed by atoms with E-state index in [1.807, 2.05) is 0 Å². The van der Waals surface area contributed by atoms with Crippen LogP contribution < -0.4 is 0 Å². The number of hydrogen-bond acceptors (Lipinski definition) is 0. The van der Waals surface area contributed by atoms with Gasteiger partial charge in [-0.05, 0) is 19.8 Å². The third-order valence-electron chi connectivity index (χ3n) is 1.45. The van der Waals surface area contributed by atoms with Gasteiger partial charge in [-0.15, -0.1) is 11.6 Å². The molecular weight excluding hydrogens is 211 g/mol. The molecule has 0 N–H and O–H groups in total. The van der Waals surface area contributed by atoms with E-state index in [4.69, 9.17) is 11.6 Å². The van der Waals surface area contributed by atoms with E-state index >= 15 is 0 Å². The lowest BCUT2D eigenvalue weighted by Gasteiger charge is -2.03. The molecule has 2 atom stereocenters. The van der Waals surface area contributed by atoms with E-state index in [-0.39, 0.29) is 0 Å². The Kier molecular flexibility index (Phi) is 6.98. The molecule has 10 heavy (non-hydrogen) atoms. The summed E-state index contributed by atoms with van der Waals surface area (Å²) in [5, 5.41) is 0.352. The van der Waals surface area contributed by atoms with E-state index < -0.39 is 0 Å². The molecule has 2 heteroatoms. The minimum Gasteiger partial charge on any atom is -0.123 e. The number of rotatable bonds is 5. The van der Waals surface area contributed by atoms with Gasteiger partial charge in [0.15, 0.2) is 0 Å². The van der Waals surface area contributed by atoms with Crippen molar-refractivity contribution in [3.63, 3.8) is 0 Å². The molecule has 0 aromatic carbocycles. The average molecular weight is 228 g/mol. The van der Waals surface area contributed by atoms with Gasteiger partial charge in [-0.25, -0.2) is 0 Å². The molecule has 0 saturated heterocycles. The lowest BCUT2D eigenvalue weighted by molar-refractivity contribution is 0.637. The first-order valence-corrected chi connectivity index (χ1v) is 5.26. The molecule has 62 valence electrons. The predicted octanol–water partition coefficient (Wildman–Crippen LogP) is 3.96. The monoisotopic (exact) mass is 226 g/mol. The second kappa shape index (κ2) is 6.48. The van der Waals surface area contributed by atoms with Crippen molar-refractivity contribution >= 4 is 27.5 Å². The van der Waals surface area contributed by atoms with Crippen LogP contribution in [-0.2, 0) is 0 Å². The highest BCUT2D eigenvalue weighted by atomic mass is 79.9. The molecule has 0 amide bonds. The maximum absolute atomic E-state index is 5.78. The van der Waals surface area contributed by atoms with Crippen LogP contribution in [0, 0.1) is 0 Å². The minimum atomic E-state index is 0.352. The van der Waals surface area contributed by atoms with Crippen molar-refractivity contribution in [2.75, 3.05) is 0 Å². The van der Waals surface area contributed by atoms with Gasteiger partial charge >= 0.3 is 0 Å². The van der Waals surface area contributed by atoms with Crippen LogP contribution in [0.3, 0.4) is 0 Å². The third-order valence-corrected chi connectivity index (χ3v) is 2.13. The van der Waals surface area contributed by atoms with E-state index in [0.717, 1.165) is 6.42 Å². The summed E-state index contributed by atoms with van der Waals surface area (Å²) >= 11 is 9.29. The molecule has 0 rings (SSSR count). The molecule has 0 heterocycles. The summed E-state index contributed by atoms with van der Waals surface area (Å²) in [6.07, 6.45) is 4.98. The fourth-order valence-electron chi connectivity index (χ4n) is 0.851. The average Bonchev–Trinajstić information content (AvgIpc) is 1.79. The zero-order valence-corrected chi connectivity index (χ0v) is 9.08. The van der Waals surface area contributed by atoms with Gasteiger partial charge in [-0.1, -0.05) is 35.7 Å². The Morgan fingerprint density at radius 3 is 2.10 bits per heavy atom. The first kappa shape index (κ1) is 10.8. The molecule has 0 aliphatic carbocycles. The van der Waals surface area contributed by atoms with E-state index in [1.54, 1.807) is 0 Å². The van der Waals surface area contributed by atoms with Crippen LogP contribution in [0.5, 0.6) is 0 Å². The van der Waals surface area contributed by atoms with Crippen LogP contribution in [0.15, 0.2) is 0 Å². The highest BCUT2D eigenvalue weighted by Crippen LogP contribution is 2.12. The zero-order chi connectivity index (χ0) is 7.98. The normalized spacial score (nSPS) is 16.8. The highest BCUT2D eigenvalue weighted by molar-refractivity contribution is 9.09. The molecule has 0 radical (unpaired) electrons. The van der Waals surface area contributed by atoms with Crippen LogP contribution in [0.25, 0.3) is 0 Å². The molecule has 2 unspecified atom stereocenters. The summed E-state index contributed by atoms with van der Waals surface area (Å²) in [5.41, 5.74) is 0. The standard InChI is InChI=1S/C8H16BrCl/c1-7(9)5-3-4-6-8(2)10/h7-8H,3-6H2,1-2H3. The minimum absolute atomic E-state index is 0.352. The Bertz CT molecular complexity index is 61.7. The molecule has 0 aliphatic heterocycles. The highest BCUT2D eigenvalue weighted by Gasteiger charge is 1.98. The number of hydrogen-bond donors (Lipinski definition) is 0. The topological polar surface area (TPSA) is 0 Å². The van der Waals surface area contributed by atoms with Gasteiger partial charge in [0.25, 0.3) is 0 Å². The summed E-state index contributed by atoms with van der Waals surface area (Å²) in [4.78, 5) is 0.665. The van der Waals surface area contributed by atoms with E-state index in [0.29, 0.717) is 10.2 Å². The van der Waals surface area contributed by atoms with Gasteiger partial charge in [0.05, 0.1) is 0 Å². The Morgan fingerprint density at radius 1 is 1.20 bits per heavy atom. The fourth-order valence-corrected chi connectivity index (χ4v) is 1.33. The summed E-state index contributed by atoms with van der Waals surface area (Å²) in [5.74, 6) is 0. The summed E-state index contributed by atoms with van der Waals surface area (Å²) in [6, 6.07) is 0. The Labute approximate surface area is 77.5 Å². The van der Waals surface area contributed by atoms with Gasteiger partial charge < -0.3 is 0 Å². The fraction of sp³-hybridized carbons (Fsp3) is 1.00. The second-order valence-corrected chi connectivity index (χ2v) is 5.15.